The highest BCUT2D eigenvalue weighted by molar-refractivity contribution is 5.84. The minimum Gasteiger partial charge on any atom is -0.481 e. The number of fused-ring (bicyclic) bond motifs is 1. The minimum atomic E-state index is -0.657. The van der Waals surface area contributed by atoms with E-state index in [0.717, 1.165) is 21.9 Å². The second-order valence-corrected chi connectivity index (χ2v) is 6.87. The number of carbonyl (C=O) groups excluding carboxylic acids is 1. The summed E-state index contributed by atoms with van der Waals surface area (Å²) in [7, 11) is 0. The summed E-state index contributed by atoms with van der Waals surface area (Å²) < 4.78 is 11.0. The summed E-state index contributed by atoms with van der Waals surface area (Å²) >= 11 is 0. The van der Waals surface area contributed by atoms with Gasteiger partial charge in [-0.25, -0.2) is 0 Å². The number of hydrogen-bond donors (Lipinski definition) is 1. The summed E-state index contributed by atoms with van der Waals surface area (Å²) in [5, 5.41) is 8.94. The first kappa shape index (κ1) is 18.7. The average molecular weight is 387 g/mol. The Bertz CT molecular complexity index is 1150. The Morgan fingerprint density at radius 3 is 2.72 bits per heavy atom. The fraction of sp³-hybridized carbons (Fsp3) is 0.174. The van der Waals surface area contributed by atoms with Gasteiger partial charge >= 0.3 is 0 Å². The molecule has 0 aliphatic rings. The van der Waals surface area contributed by atoms with Gasteiger partial charge in [-0.2, -0.15) is 4.98 Å². The molecule has 0 fully saturated rings. The quantitative estimate of drug-likeness (QED) is 0.534. The van der Waals surface area contributed by atoms with Crippen molar-refractivity contribution in [2.24, 2.45) is 0 Å². The van der Waals surface area contributed by atoms with E-state index in [0.29, 0.717) is 17.5 Å². The van der Waals surface area contributed by atoms with Crippen molar-refractivity contribution >= 4 is 16.7 Å². The SMILES string of the molecule is Cc1cccc(-c2noc(CNC(=O)C(C)Oc3ccc4ccccc4c3)n2)c1. The number of amides is 1. The van der Waals surface area contributed by atoms with E-state index in [1.165, 1.54) is 0 Å². The van der Waals surface area contributed by atoms with Gasteiger partial charge in [0.2, 0.25) is 11.7 Å². The molecule has 1 heterocycles. The predicted octanol–water partition coefficient (Wildman–Crippen LogP) is 4.28. The third kappa shape index (κ3) is 4.43. The smallest absolute Gasteiger partial charge is 0.261 e. The summed E-state index contributed by atoms with van der Waals surface area (Å²) in [6.07, 6.45) is -0.657. The van der Waals surface area contributed by atoms with Gasteiger partial charge in [0.05, 0.1) is 6.54 Å². The van der Waals surface area contributed by atoms with E-state index in [9.17, 15) is 4.79 Å². The van der Waals surface area contributed by atoms with Gasteiger partial charge in [0.15, 0.2) is 6.10 Å². The summed E-state index contributed by atoms with van der Waals surface area (Å²) in [5.74, 6) is 1.23. The number of benzene rings is 3. The molecule has 1 atom stereocenters. The van der Waals surface area contributed by atoms with Crippen LogP contribution in [0.4, 0.5) is 0 Å². The second-order valence-electron chi connectivity index (χ2n) is 6.87. The number of aromatic nitrogens is 2. The molecule has 6 heteroatoms. The molecule has 0 aliphatic carbocycles. The number of aryl methyl sites for hydroxylation is 1. The first-order valence-corrected chi connectivity index (χ1v) is 9.41. The molecule has 1 unspecified atom stereocenters. The van der Waals surface area contributed by atoms with E-state index >= 15 is 0 Å². The Kier molecular flexibility index (Phi) is 5.24. The van der Waals surface area contributed by atoms with Gasteiger partial charge in [0.25, 0.3) is 5.91 Å². The maximum absolute atomic E-state index is 12.4. The Morgan fingerprint density at radius 2 is 1.90 bits per heavy atom. The maximum atomic E-state index is 12.4. The summed E-state index contributed by atoms with van der Waals surface area (Å²) in [6.45, 7) is 3.85. The van der Waals surface area contributed by atoms with Gasteiger partial charge < -0.3 is 14.6 Å². The molecule has 1 aromatic heterocycles. The van der Waals surface area contributed by atoms with Crippen LogP contribution in [0.2, 0.25) is 0 Å². The number of nitrogens with one attached hydrogen (secondary N) is 1. The second kappa shape index (κ2) is 8.14. The van der Waals surface area contributed by atoms with E-state index in [1.54, 1.807) is 6.92 Å². The molecule has 29 heavy (non-hydrogen) atoms. The van der Waals surface area contributed by atoms with Crippen LogP contribution in [0.1, 0.15) is 18.4 Å². The first-order chi connectivity index (χ1) is 14.1. The molecule has 0 bridgehead atoms. The highest BCUT2D eigenvalue weighted by atomic mass is 16.5. The van der Waals surface area contributed by atoms with E-state index in [1.807, 2.05) is 73.7 Å². The lowest BCUT2D eigenvalue weighted by atomic mass is 10.1. The molecular formula is C23H21N3O3. The van der Waals surface area contributed by atoms with Crippen molar-refractivity contribution in [2.45, 2.75) is 26.5 Å². The molecule has 3 aromatic carbocycles. The van der Waals surface area contributed by atoms with Gasteiger partial charge in [0.1, 0.15) is 5.75 Å². The third-order valence-corrected chi connectivity index (χ3v) is 4.56. The van der Waals surface area contributed by atoms with Gasteiger partial charge in [-0.3, -0.25) is 4.79 Å². The van der Waals surface area contributed by atoms with Crippen LogP contribution in [0, 0.1) is 6.92 Å². The molecule has 1 amide bonds. The van der Waals surface area contributed by atoms with Gasteiger partial charge in [-0.1, -0.05) is 59.3 Å². The number of hydrogen-bond acceptors (Lipinski definition) is 5. The van der Waals surface area contributed by atoms with E-state index in [4.69, 9.17) is 9.26 Å². The zero-order valence-electron chi connectivity index (χ0n) is 16.3. The lowest BCUT2D eigenvalue weighted by molar-refractivity contribution is -0.127. The lowest BCUT2D eigenvalue weighted by Gasteiger charge is -2.14. The van der Waals surface area contributed by atoms with Crippen LogP contribution in [0.3, 0.4) is 0 Å². The number of carbonyl (C=O) groups is 1. The van der Waals surface area contributed by atoms with Crippen LogP contribution in [0.15, 0.2) is 71.3 Å². The molecule has 6 nitrogen and oxygen atoms in total. The van der Waals surface area contributed by atoms with Crippen molar-refractivity contribution in [1.29, 1.82) is 0 Å². The molecule has 4 aromatic rings. The largest absolute Gasteiger partial charge is 0.481 e. The zero-order valence-corrected chi connectivity index (χ0v) is 16.3. The Labute approximate surface area is 168 Å². The summed E-state index contributed by atoms with van der Waals surface area (Å²) in [6, 6.07) is 21.6. The van der Waals surface area contributed by atoms with Crippen molar-refractivity contribution in [3.05, 3.63) is 78.2 Å². The molecule has 4 rings (SSSR count). The van der Waals surface area contributed by atoms with Crippen LogP contribution in [0.5, 0.6) is 5.75 Å². The van der Waals surface area contributed by atoms with Crippen molar-refractivity contribution in [1.82, 2.24) is 15.5 Å². The van der Waals surface area contributed by atoms with Crippen molar-refractivity contribution < 1.29 is 14.1 Å². The van der Waals surface area contributed by atoms with Crippen LogP contribution < -0.4 is 10.1 Å². The molecule has 0 saturated carbocycles. The Balaban J connectivity index is 1.35. The number of ether oxygens (including phenoxy) is 1. The maximum Gasteiger partial charge on any atom is 0.261 e. The normalized spacial score (nSPS) is 11.9. The molecule has 0 aliphatic heterocycles. The van der Waals surface area contributed by atoms with Crippen molar-refractivity contribution in [3.63, 3.8) is 0 Å². The van der Waals surface area contributed by atoms with Crippen molar-refractivity contribution in [3.8, 4) is 17.1 Å². The first-order valence-electron chi connectivity index (χ1n) is 9.41. The van der Waals surface area contributed by atoms with E-state index in [2.05, 4.69) is 15.5 Å². The van der Waals surface area contributed by atoms with Gasteiger partial charge in [0, 0.05) is 5.56 Å². The zero-order chi connectivity index (χ0) is 20.2. The fourth-order valence-corrected chi connectivity index (χ4v) is 3.03. The lowest BCUT2D eigenvalue weighted by Crippen LogP contribution is -2.35. The Hall–Kier alpha value is -3.67. The molecule has 0 spiro atoms. The van der Waals surface area contributed by atoms with E-state index < -0.39 is 6.10 Å². The molecule has 0 radical (unpaired) electrons. The number of nitrogens with zero attached hydrogens (tertiary/aromatic N) is 2. The number of rotatable bonds is 6. The Morgan fingerprint density at radius 1 is 1.07 bits per heavy atom. The molecule has 146 valence electrons. The molecule has 1 N–H and O–H groups in total. The van der Waals surface area contributed by atoms with Crippen LogP contribution in [0.25, 0.3) is 22.2 Å². The van der Waals surface area contributed by atoms with Crippen LogP contribution in [-0.4, -0.2) is 22.2 Å². The average Bonchev–Trinajstić information content (AvgIpc) is 3.21. The third-order valence-electron chi connectivity index (χ3n) is 4.56. The van der Waals surface area contributed by atoms with Crippen LogP contribution in [-0.2, 0) is 11.3 Å². The highest BCUT2D eigenvalue weighted by Crippen LogP contribution is 2.21. The van der Waals surface area contributed by atoms with Gasteiger partial charge in [-0.05, 0) is 42.8 Å². The molecular weight excluding hydrogens is 366 g/mol. The minimum absolute atomic E-state index is 0.142. The van der Waals surface area contributed by atoms with Crippen LogP contribution >= 0.6 is 0 Å². The summed E-state index contributed by atoms with van der Waals surface area (Å²) in [5.41, 5.74) is 1.99. The monoisotopic (exact) mass is 387 g/mol. The molecule has 0 saturated heterocycles. The van der Waals surface area contributed by atoms with Gasteiger partial charge in [-0.15, -0.1) is 0 Å². The van der Waals surface area contributed by atoms with Crippen molar-refractivity contribution in [2.75, 3.05) is 0 Å². The fourth-order valence-electron chi connectivity index (χ4n) is 3.03. The highest BCUT2D eigenvalue weighted by Gasteiger charge is 2.16. The predicted molar refractivity (Wildman–Crippen MR) is 110 cm³/mol. The topological polar surface area (TPSA) is 77.2 Å². The summed E-state index contributed by atoms with van der Waals surface area (Å²) in [4.78, 5) is 16.7. The van der Waals surface area contributed by atoms with E-state index in [-0.39, 0.29) is 12.5 Å². The standard InChI is InChI=1S/C23H21N3O3/c1-15-6-5-9-19(12-15)22-25-21(29-26-22)14-24-23(27)16(2)28-20-11-10-17-7-3-4-8-18(17)13-20/h3-13,16H,14H2,1-2H3,(H,24,27).